The Balaban J connectivity index is 2.30. The van der Waals surface area contributed by atoms with Gasteiger partial charge in [0.15, 0.2) is 5.65 Å². The van der Waals surface area contributed by atoms with Gasteiger partial charge in [0, 0.05) is 29.7 Å². The first-order valence-electron chi connectivity index (χ1n) is 6.46. The Morgan fingerprint density at radius 2 is 2.14 bits per heavy atom. The standard InChI is InChI=1S/C15H14N4O2/c1-9-4-5-16-7-13(9)11-6-12(15(20)21-3)14-17-10(2)18-19(14)8-11/h4-8H,1-3H3. The number of rotatable bonds is 2. The Bertz CT molecular complexity index is 839. The summed E-state index contributed by atoms with van der Waals surface area (Å²) in [6.07, 6.45) is 5.34. The van der Waals surface area contributed by atoms with Gasteiger partial charge < -0.3 is 4.74 Å². The van der Waals surface area contributed by atoms with Crippen molar-refractivity contribution in [2.75, 3.05) is 7.11 Å². The van der Waals surface area contributed by atoms with Crippen LogP contribution in [-0.4, -0.2) is 32.7 Å². The van der Waals surface area contributed by atoms with Crippen molar-refractivity contribution in [2.45, 2.75) is 13.8 Å². The monoisotopic (exact) mass is 282 g/mol. The average molecular weight is 282 g/mol. The van der Waals surface area contributed by atoms with E-state index in [1.807, 2.05) is 19.2 Å². The van der Waals surface area contributed by atoms with Crippen LogP contribution in [0.3, 0.4) is 0 Å². The average Bonchev–Trinajstić information content (AvgIpc) is 2.86. The molecule has 0 saturated heterocycles. The number of hydrogen-bond donors (Lipinski definition) is 0. The van der Waals surface area contributed by atoms with E-state index in [1.165, 1.54) is 7.11 Å². The molecule has 3 aromatic rings. The van der Waals surface area contributed by atoms with E-state index in [2.05, 4.69) is 15.1 Å². The highest BCUT2D eigenvalue weighted by molar-refractivity contribution is 5.97. The zero-order chi connectivity index (χ0) is 15.0. The van der Waals surface area contributed by atoms with Crippen LogP contribution in [0.15, 0.2) is 30.7 Å². The topological polar surface area (TPSA) is 69.4 Å². The van der Waals surface area contributed by atoms with Gasteiger partial charge in [-0.15, -0.1) is 0 Å². The Morgan fingerprint density at radius 3 is 2.86 bits per heavy atom. The molecule has 3 aromatic heterocycles. The van der Waals surface area contributed by atoms with Crippen LogP contribution >= 0.6 is 0 Å². The number of nitrogens with zero attached hydrogens (tertiary/aromatic N) is 4. The molecule has 0 unspecified atom stereocenters. The van der Waals surface area contributed by atoms with Crippen LogP contribution in [0.4, 0.5) is 0 Å². The fourth-order valence-corrected chi connectivity index (χ4v) is 2.27. The zero-order valence-electron chi connectivity index (χ0n) is 12.0. The quantitative estimate of drug-likeness (QED) is 0.674. The summed E-state index contributed by atoms with van der Waals surface area (Å²) < 4.78 is 6.44. The first kappa shape index (κ1) is 13.2. The van der Waals surface area contributed by atoms with E-state index in [0.29, 0.717) is 17.0 Å². The summed E-state index contributed by atoms with van der Waals surface area (Å²) in [6.45, 7) is 3.77. The molecule has 0 radical (unpaired) electrons. The number of aromatic nitrogens is 4. The van der Waals surface area contributed by atoms with Gasteiger partial charge in [-0.25, -0.2) is 14.3 Å². The number of pyridine rings is 2. The number of carbonyl (C=O) groups is 1. The summed E-state index contributed by atoms with van der Waals surface area (Å²) in [5.41, 5.74) is 3.73. The molecule has 0 saturated carbocycles. The Morgan fingerprint density at radius 1 is 1.33 bits per heavy atom. The lowest BCUT2D eigenvalue weighted by atomic mass is 10.0. The summed E-state index contributed by atoms with van der Waals surface area (Å²) in [5.74, 6) is 0.163. The van der Waals surface area contributed by atoms with Gasteiger partial charge in [-0.2, -0.15) is 5.10 Å². The van der Waals surface area contributed by atoms with Crippen molar-refractivity contribution in [3.63, 3.8) is 0 Å². The smallest absolute Gasteiger partial charge is 0.341 e. The Kier molecular flexibility index (Phi) is 3.13. The minimum Gasteiger partial charge on any atom is -0.465 e. The molecular weight excluding hydrogens is 268 g/mol. The van der Waals surface area contributed by atoms with Crippen LogP contribution in [0.2, 0.25) is 0 Å². The van der Waals surface area contributed by atoms with E-state index in [9.17, 15) is 4.79 Å². The van der Waals surface area contributed by atoms with Crippen molar-refractivity contribution in [1.82, 2.24) is 19.6 Å². The predicted molar refractivity (Wildman–Crippen MR) is 77.0 cm³/mol. The van der Waals surface area contributed by atoms with E-state index in [1.54, 1.807) is 29.9 Å². The molecule has 21 heavy (non-hydrogen) atoms. The number of esters is 1. The van der Waals surface area contributed by atoms with Gasteiger partial charge in [0.05, 0.1) is 7.11 Å². The van der Waals surface area contributed by atoms with Crippen molar-refractivity contribution in [3.8, 4) is 11.1 Å². The van der Waals surface area contributed by atoms with Gasteiger partial charge in [0.25, 0.3) is 0 Å². The minimum atomic E-state index is -0.434. The molecule has 3 heterocycles. The Labute approximate surface area is 121 Å². The maximum absolute atomic E-state index is 12.0. The fourth-order valence-electron chi connectivity index (χ4n) is 2.27. The molecule has 0 aliphatic carbocycles. The number of ether oxygens (including phenoxy) is 1. The predicted octanol–water partition coefficient (Wildman–Crippen LogP) is 2.19. The van der Waals surface area contributed by atoms with E-state index >= 15 is 0 Å². The highest BCUT2D eigenvalue weighted by Crippen LogP contribution is 2.25. The van der Waals surface area contributed by atoms with Gasteiger partial charge in [0.1, 0.15) is 11.4 Å². The summed E-state index contributed by atoms with van der Waals surface area (Å²) in [4.78, 5) is 20.4. The van der Waals surface area contributed by atoms with Gasteiger partial charge in [-0.3, -0.25) is 4.98 Å². The van der Waals surface area contributed by atoms with E-state index in [4.69, 9.17) is 4.74 Å². The van der Waals surface area contributed by atoms with Crippen LogP contribution in [0.25, 0.3) is 16.8 Å². The molecule has 6 heteroatoms. The molecule has 0 amide bonds. The first-order valence-corrected chi connectivity index (χ1v) is 6.46. The van der Waals surface area contributed by atoms with E-state index < -0.39 is 5.97 Å². The van der Waals surface area contributed by atoms with Crippen molar-refractivity contribution >= 4 is 11.6 Å². The highest BCUT2D eigenvalue weighted by Gasteiger charge is 2.17. The normalized spacial score (nSPS) is 10.8. The highest BCUT2D eigenvalue weighted by atomic mass is 16.5. The number of carbonyl (C=O) groups excluding carboxylic acids is 1. The van der Waals surface area contributed by atoms with E-state index in [0.717, 1.165) is 16.7 Å². The molecule has 0 aliphatic rings. The molecule has 0 aromatic carbocycles. The van der Waals surface area contributed by atoms with Gasteiger partial charge in [-0.05, 0) is 31.5 Å². The third-order valence-electron chi connectivity index (χ3n) is 3.29. The summed E-state index contributed by atoms with van der Waals surface area (Å²) in [7, 11) is 1.35. The second kappa shape index (κ2) is 4.97. The molecule has 0 aliphatic heterocycles. The van der Waals surface area contributed by atoms with Crippen LogP contribution in [0.5, 0.6) is 0 Å². The maximum Gasteiger partial charge on any atom is 0.341 e. The second-order valence-corrected chi connectivity index (χ2v) is 4.75. The van der Waals surface area contributed by atoms with E-state index in [-0.39, 0.29) is 0 Å². The van der Waals surface area contributed by atoms with Gasteiger partial charge in [-0.1, -0.05) is 0 Å². The van der Waals surface area contributed by atoms with Crippen LogP contribution < -0.4 is 0 Å². The molecule has 0 bridgehead atoms. The second-order valence-electron chi connectivity index (χ2n) is 4.75. The molecule has 0 atom stereocenters. The lowest BCUT2D eigenvalue weighted by molar-refractivity contribution is 0.0602. The molecule has 0 N–H and O–H groups in total. The molecule has 106 valence electrons. The Hall–Kier alpha value is -2.76. The summed E-state index contributed by atoms with van der Waals surface area (Å²) in [6, 6.07) is 3.68. The third kappa shape index (κ3) is 2.24. The number of hydrogen-bond acceptors (Lipinski definition) is 5. The van der Waals surface area contributed by atoms with Gasteiger partial charge in [0.2, 0.25) is 0 Å². The lowest BCUT2D eigenvalue weighted by Gasteiger charge is -2.08. The molecule has 6 nitrogen and oxygen atoms in total. The third-order valence-corrected chi connectivity index (χ3v) is 3.29. The van der Waals surface area contributed by atoms with Crippen molar-refractivity contribution < 1.29 is 9.53 Å². The minimum absolute atomic E-state index is 0.388. The van der Waals surface area contributed by atoms with Crippen molar-refractivity contribution in [1.29, 1.82) is 0 Å². The summed E-state index contributed by atoms with van der Waals surface area (Å²) >= 11 is 0. The molecule has 0 fully saturated rings. The number of methoxy groups -OCH3 is 1. The van der Waals surface area contributed by atoms with Crippen LogP contribution in [0.1, 0.15) is 21.7 Å². The van der Waals surface area contributed by atoms with Crippen LogP contribution in [0, 0.1) is 13.8 Å². The molecule has 0 spiro atoms. The first-order chi connectivity index (χ1) is 10.1. The van der Waals surface area contributed by atoms with Crippen molar-refractivity contribution in [2.24, 2.45) is 0 Å². The fraction of sp³-hybridized carbons (Fsp3) is 0.200. The molecular formula is C15H14N4O2. The number of aryl methyl sites for hydroxylation is 2. The largest absolute Gasteiger partial charge is 0.465 e. The summed E-state index contributed by atoms with van der Waals surface area (Å²) in [5, 5.41) is 4.28. The number of fused-ring (bicyclic) bond motifs is 1. The zero-order valence-corrected chi connectivity index (χ0v) is 12.0. The van der Waals surface area contributed by atoms with Crippen molar-refractivity contribution in [3.05, 3.63) is 47.7 Å². The van der Waals surface area contributed by atoms with Gasteiger partial charge >= 0.3 is 5.97 Å². The lowest BCUT2D eigenvalue weighted by Crippen LogP contribution is -2.06. The molecule has 3 rings (SSSR count). The SMILES string of the molecule is COC(=O)c1cc(-c2cnccc2C)cn2nc(C)nc12. The maximum atomic E-state index is 12.0. The van der Waals surface area contributed by atoms with Crippen LogP contribution in [-0.2, 0) is 4.74 Å².